The van der Waals surface area contributed by atoms with Gasteiger partial charge in [-0.15, -0.1) is 0 Å². The van der Waals surface area contributed by atoms with Crippen LogP contribution < -0.4 is 20.3 Å². The number of amides is 2. The zero-order chi connectivity index (χ0) is 18.9. The summed E-state index contributed by atoms with van der Waals surface area (Å²) in [6.45, 7) is -2.97. The van der Waals surface area contributed by atoms with E-state index in [0.29, 0.717) is 11.1 Å². The summed E-state index contributed by atoms with van der Waals surface area (Å²) >= 11 is 0. The molecule has 0 radical (unpaired) electrons. The molecule has 8 heteroatoms. The van der Waals surface area contributed by atoms with E-state index in [1.54, 1.807) is 30.3 Å². The van der Waals surface area contributed by atoms with Crippen LogP contribution in [0.15, 0.2) is 54.6 Å². The Hall–Kier alpha value is -3.42. The first-order valence-corrected chi connectivity index (χ1v) is 7.46. The van der Waals surface area contributed by atoms with Crippen molar-refractivity contribution < 1.29 is 27.8 Å². The lowest BCUT2D eigenvalue weighted by Crippen LogP contribution is -2.40. The minimum absolute atomic E-state index is 0.102. The van der Waals surface area contributed by atoms with Crippen LogP contribution >= 0.6 is 0 Å². The number of halogens is 2. The van der Waals surface area contributed by atoms with E-state index in [4.69, 9.17) is 4.74 Å². The van der Waals surface area contributed by atoms with Gasteiger partial charge in [-0.25, -0.2) is 0 Å². The number of hydrazine groups is 1. The van der Waals surface area contributed by atoms with E-state index in [1.807, 2.05) is 0 Å². The van der Waals surface area contributed by atoms with Crippen molar-refractivity contribution in [2.45, 2.75) is 6.61 Å². The predicted molar refractivity (Wildman–Crippen MR) is 90.7 cm³/mol. The zero-order valence-corrected chi connectivity index (χ0v) is 13.7. The van der Waals surface area contributed by atoms with Gasteiger partial charge in [-0.2, -0.15) is 8.78 Å². The van der Waals surface area contributed by atoms with Crippen molar-refractivity contribution >= 4 is 17.9 Å². The van der Waals surface area contributed by atoms with E-state index >= 15 is 0 Å². The Balaban J connectivity index is 1.94. The number of ether oxygens (including phenoxy) is 2. The highest BCUT2D eigenvalue weighted by atomic mass is 19.3. The summed E-state index contributed by atoms with van der Waals surface area (Å²) in [5.74, 6) is -1.03. The molecule has 2 N–H and O–H groups in total. The molecule has 0 saturated carbocycles. The van der Waals surface area contributed by atoms with Gasteiger partial charge in [0.05, 0.1) is 7.11 Å². The molecule has 2 aromatic carbocycles. The maximum Gasteiger partial charge on any atom is 0.387 e. The van der Waals surface area contributed by atoms with E-state index in [-0.39, 0.29) is 11.5 Å². The topological polar surface area (TPSA) is 76.7 Å². The highest BCUT2D eigenvalue weighted by Gasteiger charge is 2.10. The third kappa shape index (κ3) is 5.59. The largest absolute Gasteiger partial charge is 0.493 e. The quantitative estimate of drug-likeness (QED) is 0.612. The molecule has 2 amide bonds. The van der Waals surface area contributed by atoms with Gasteiger partial charge in [0.1, 0.15) is 0 Å². The fraction of sp³-hybridized carbons (Fsp3) is 0.111. The van der Waals surface area contributed by atoms with Gasteiger partial charge in [-0.05, 0) is 35.9 Å². The third-order valence-corrected chi connectivity index (χ3v) is 3.17. The van der Waals surface area contributed by atoms with Crippen molar-refractivity contribution in [3.05, 3.63) is 65.7 Å². The molecule has 2 rings (SSSR count). The molecule has 0 unspecified atom stereocenters. The van der Waals surface area contributed by atoms with Gasteiger partial charge in [0.15, 0.2) is 11.5 Å². The van der Waals surface area contributed by atoms with Gasteiger partial charge in [0.25, 0.3) is 11.8 Å². The van der Waals surface area contributed by atoms with Crippen LogP contribution in [0.4, 0.5) is 8.78 Å². The van der Waals surface area contributed by atoms with Crippen molar-refractivity contribution in [2.24, 2.45) is 0 Å². The fourth-order valence-electron chi connectivity index (χ4n) is 1.97. The van der Waals surface area contributed by atoms with Crippen molar-refractivity contribution in [1.82, 2.24) is 10.9 Å². The standard InChI is InChI=1S/C18H16F2N2O4/c1-25-15-11-12(7-9-14(15)26-18(19)20)8-10-16(23)21-22-17(24)13-5-3-2-4-6-13/h2-11,18H,1H3,(H,21,23)(H,22,24). The molecule has 0 bridgehead atoms. The van der Waals surface area contributed by atoms with Crippen molar-refractivity contribution in [1.29, 1.82) is 0 Å². The number of methoxy groups -OCH3 is 1. The Morgan fingerprint density at radius 2 is 1.77 bits per heavy atom. The van der Waals surface area contributed by atoms with Gasteiger partial charge in [0.2, 0.25) is 0 Å². The van der Waals surface area contributed by atoms with Gasteiger partial charge in [-0.1, -0.05) is 24.3 Å². The van der Waals surface area contributed by atoms with Gasteiger partial charge >= 0.3 is 6.61 Å². The Bertz CT molecular complexity index is 795. The number of benzene rings is 2. The van der Waals surface area contributed by atoms with E-state index in [9.17, 15) is 18.4 Å². The summed E-state index contributed by atoms with van der Waals surface area (Å²) < 4.78 is 33.9. The average Bonchev–Trinajstić information content (AvgIpc) is 2.65. The van der Waals surface area contributed by atoms with Crippen LogP contribution in [-0.4, -0.2) is 25.5 Å². The fourth-order valence-corrected chi connectivity index (χ4v) is 1.97. The first-order valence-electron chi connectivity index (χ1n) is 7.46. The Labute approximate surface area is 148 Å². The maximum atomic E-state index is 12.3. The lowest BCUT2D eigenvalue weighted by atomic mass is 10.2. The molecular formula is C18H16F2N2O4. The molecule has 26 heavy (non-hydrogen) atoms. The number of nitrogens with one attached hydrogen (secondary N) is 2. The lowest BCUT2D eigenvalue weighted by Gasteiger charge is -2.10. The molecule has 2 aromatic rings. The molecule has 0 aromatic heterocycles. The lowest BCUT2D eigenvalue weighted by molar-refractivity contribution is -0.117. The summed E-state index contributed by atoms with van der Waals surface area (Å²) in [7, 11) is 1.31. The SMILES string of the molecule is COc1cc(C=CC(=O)NNC(=O)c2ccccc2)ccc1OC(F)F. The molecule has 0 saturated heterocycles. The van der Waals surface area contributed by atoms with Crippen LogP contribution in [0.2, 0.25) is 0 Å². The van der Waals surface area contributed by atoms with Crippen molar-refractivity contribution in [2.75, 3.05) is 7.11 Å². The minimum atomic E-state index is -2.97. The maximum absolute atomic E-state index is 12.3. The number of carbonyl (C=O) groups is 2. The molecule has 0 aliphatic heterocycles. The smallest absolute Gasteiger partial charge is 0.387 e. The van der Waals surface area contributed by atoms with Gasteiger partial charge in [0, 0.05) is 11.6 Å². The molecule has 0 fully saturated rings. The summed E-state index contributed by atoms with van der Waals surface area (Å²) in [5, 5.41) is 0. The van der Waals surface area contributed by atoms with E-state index in [2.05, 4.69) is 15.6 Å². The molecular weight excluding hydrogens is 346 g/mol. The molecule has 0 aliphatic carbocycles. The Morgan fingerprint density at radius 3 is 2.42 bits per heavy atom. The van der Waals surface area contributed by atoms with E-state index < -0.39 is 18.4 Å². The summed E-state index contributed by atoms with van der Waals surface area (Å²) in [6, 6.07) is 12.6. The monoisotopic (exact) mass is 362 g/mol. The molecule has 0 aliphatic rings. The highest BCUT2D eigenvalue weighted by molar-refractivity contribution is 5.97. The van der Waals surface area contributed by atoms with Crippen LogP contribution in [0.1, 0.15) is 15.9 Å². The molecule has 6 nitrogen and oxygen atoms in total. The zero-order valence-electron chi connectivity index (χ0n) is 13.7. The molecule has 0 heterocycles. The minimum Gasteiger partial charge on any atom is -0.493 e. The van der Waals surface area contributed by atoms with Gasteiger partial charge < -0.3 is 9.47 Å². The number of alkyl halides is 2. The summed E-state index contributed by atoms with van der Waals surface area (Å²) in [5.41, 5.74) is 5.43. The second-order valence-electron chi connectivity index (χ2n) is 4.93. The third-order valence-electron chi connectivity index (χ3n) is 3.17. The van der Waals surface area contributed by atoms with Crippen LogP contribution in [-0.2, 0) is 4.79 Å². The molecule has 136 valence electrons. The van der Waals surface area contributed by atoms with Crippen LogP contribution in [0.5, 0.6) is 11.5 Å². The van der Waals surface area contributed by atoms with E-state index in [1.165, 1.54) is 37.5 Å². The van der Waals surface area contributed by atoms with Crippen LogP contribution in [0, 0.1) is 0 Å². The van der Waals surface area contributed by atoms with Crippen molar-refractivity contribution in [3.8, 4) is 11.5 Å². The number of rotatable bonds is 6. The second kappa shape index (κ2) is 9.16. The Morgan fingerprint density at radius 1 is 1.04 bits per heavy atom. The average molecular weight is 362 g/mol. The first kappa shape index (κ1) is 18.9. The van der Waals surface area contributed by atoms with Crippen LogP contribution in [0.3, 0.4) is 0 Å². The molecule has 0 spiro atoms. The van der Waals surface area contributed by atoms with Crippen molar-refractivity contribution in [3.63, 3.8) is 0 Å². The summed E-state index contributed by atoms with van der Waals surface area (Å²) in [6.07, 6.45) is 2.60. The number of carbonyl (C=O) groups excluding carboxylic acids is 2. The highest BCUT2D eigenvalue weighted by Crippen LogP contribution is 2.29. The molecule has 0 atom stereocenters. The van der Waals surface area contributed by atoms with Crippen LogP contribution in [0.25, 0.3) is 6.08 Å². The number of hydrogen-bond acceptors (Lipinski definition) is 4. The number of hydrogen-bond donors (Lipinski definition) is 2. The Kier molecular flexibility index (Phi) is 6.67. The summed E-state index contributed by atoms with van der Waals surface area (Å²) in [4.78, 5) is 23.5. The first-order chi connectivity index (χ1) is 12.5. The van der Waals surface area contributed by atoms with E-state index in [0.717, 1.165) is 0 Å². The van der Waals surface area contributed by atoms with Gasteiger partial charge in [-0.3, -0.25) is 20.4 Å². The predicted octanol–water partition coefficient (Wildman–Crippen LogP) is 2.77. The normalized spacial score (nSPS) is 10.6. The second-order valence-corrected chi connectivity index (χ2v) is 4.93.